The number of rotatable bonds is 5. The summed E-state index contributed by atoms with van der Waals surface area (Å²) in [6.45, 7) is -0.194. The lowest BCUT2D eigenvalue weighted by molar-refractivity contribution is -0.121. The van der Waals surface area contributed by atoms with E-state index in [-0.39, 0.29) is 13.0 Å². The molecule has 2 atom stereocenters. The quantitative estimate of drug-likeness (QED) is 0.505. The molecule has 0 saturated heterocycles. The highest BCUT2D eigenvalue weighted by Crippen LogP contribution is 2.18. The number of nitrogens with two attached hydrogens (primary N) is 1. The Morgan fingerprint density at radius 2 is 2.12 bits per heavy atom. The van der Waals surface area contributed by atoms with Gasteiger partial charge in [0.1, 0.15) is 6.10 Å². The van der Waals surface area contributed by atoms with Gasteiger partial charge in [0.2, 0.25) is 5.91 Å². The molecule has 0 fully saturated rings. The molecule has 5 N–H and O–H groups in total. The summed E-state index contributed by atoms with van der Waals surface area (Å²) < 4.78 is 0. The Kier molecular flexibility index (Phi) is 4.36. The molecule has 6 heteroatoms. The smallest absolute Gasteiger partial charge is 0.220 e. The third-order valence-electron chi connectivity index (χ3n) is 2.13. The van der Waals surface area contributed by atoms with Gasteiger partial charge in [-0.1, -0.05) is 6.07 Å². The summed E-state index contributed by atoms with van der Waals surface area (Å²) in [7, 11) is 0. The van der Waals surface area contributed by atoms with Crippen LogP contribution in [0.2, 0.25) is 0 Å². The highest BCUT2D eigenvalue weighted by atomic mass is 16.3. The molecular formula is C10H14N2O4. The van der Waals surface area contributed by atoms with E-state index in [0.717, 1.165) is 0 Å². The van der Waals surface area contributed by atoms with Crippen molar-refractivity contribution in [1.29, 1.82) is 0 Å². The van der Waals surface area contributed by atoms with E-state index in [1.807, 2.05) is 0 Å². The van der Waals surface area contributed by atoms with Crippen LogP contribution >= 0.6 is 0 Å². The minimum Gasteiger partial charge on any atom is -0.390 e. The zero-order valence-corrected chi connectivity index (χ0v) is 8.58. The number of carbonyl (C=O) groups excluding carboxylic acids is 1. The fourth-order valence-corrected chi connectivity index (χ4v) is 1.24. The van der Waals surface area contributed by atoms with Gasteiger partial charge in [-0.25, -0.2) is 0 Å². The van der Waals surface area contributed by atoms with Crippen molar-refractivity contribution in [2.75, 3.05) is 0 Å². The van der Waals surface area contributed by atoms with Gasteiger partial charge in [-0.2, -0.15) is 0 Å². The zero-order valence-electron chi connectivity index (χ0n) is 8.58. The maximum atomic E-state index is 10.5. The molecule has 1 aromatic rings. The molecule has 1 rings (SSSR count). The van der Waals surface area contributed by atoms with Gasteiger partial charge in [-0.05, 0) is 6.07 Å². The molecule has 2 unspecified atom stereocenters. The predicted octanol–water partition coefficient (Wildman–Crippen LogP) is -1.16. The van der Waals surface area contributed by atoms with Crippen LogP contribution in [0, 0.1) is 0 Å². The van der Waals surface area contributed by atoms with Crippen molar-refractivity contribution in [1.82, 2.24) is 4.98 Å². The maximum absolute atomic E-state index is 10.5. The second-order valence-corrected chi connectivity index (χ2v) is 3.42. The molecule has 16 heavy (non-hydrogen) atoms. The van der Waals surface area contributed by atoms with Crippen LogP contribution in [0.25, 0.3) is 0 Å². The van der Waals surface area contributed by atoms with Gasteiger partial charge in [0.25, 0.3) is 0 Å². The molecule has 0 radical (unpaired) electrons. The fraction of sp³-hybridized carbons (Fsp3) is 0.400. The van der Waals surface area contributed by atoms with Gasteiger partial charge in [0, 0.05) is 11.8 Å². The number of aliphatic hydroxyl groups is 3. The third kappa shape index (κ3) is 3.27. The first kappa shape index (κ1) is 12.6. The van der Waals surface area contributed by atoms with Gasteiger partial charge in [-0.15, -0.1) is 0 Å². The Hall–Kier alpha value is -1.50. The second kappa shape index (κ2) is 5.55. The number of hydrogen-bond acceptors (Lipinski definition) is 5. The van der Waals surface area contributed by atoms with Gasteiger partial charge >= 0.3 is 0 Å². The minimum atomic E-state index is -1.25. The third-order valence-corrected chi connectivity index (χ3v) is 2.13. The number of aliphatic hydroxyl groups excluding tert-OH is 3. The lowest BCUT2D eigenvalue weighted by atomic mass is 10.0. The number of carbonyl (C=O) groups is 1. The molecular weight excluding hydrogens is 212 g/mol. The summed E-state index contributed by atoms with van der Waals surface area (Å²) in [5.41, 5.74) is 5.72. The van der Waals surface area contributed by atoms with Gasteiger partial charge in [0.05, 0.1) is 24.8 Å². The Balaban J connectivity index is 2.71. The molecule has 1 heterocycles. The first-order chi connectivity index (χ1) is 7.54. The summed E-state index contributed by atoms with van der Waals surface area (Å²) in [6, 6.07) is 3.04. The van der Waals surface area contributed by atoms with Crippen LogP contribution in [-0.2, 0) is 11.4 Å². The van der Waals surface area contributed by atoms with Gasteiger partial charge in [0.15, 0.2) is 0 Å². The Labute approximate surface area is 92.4 Å². The van der Waals surface area contributed by atoms with E-state index in [2.05, 4.69) is 4.98 Å². The first-order valence-corrected chi connectivity index (χ1v) is 4.74. The van der Waals surface area contributed by atoms with E-state index >= 15 is 0 Å². The van der Waals surface area contributed by atoms with Crippen LogP contribution in [0.1, 0.15) is 23.8 Å². The molecule has 1 aromatic heterocycles. The van der Waals surface area contributed by atoms with Crippen LogP contribution in [0.3, 0.4) is 0 Å². The highest BCUT2D eigenvalue weighted by molar-refractivity contribution is 5.74. The number of pyridine rings is 1. The van der Waals surface area contributed by atoms with Crippen LogP contribution < -0.4 is 5.73 Å². The average Bonchev–Trinajstić information content (AvgIpc) is 2.27. The molecule has 0 aliphatic carbocycles. The van der Waals surface area contributed by atoms with Crippen molar-refractivity contribution in [3.8, 4) is 0 Å². The molecule has 0 aliphatic heterocycles. The number of hydrogen-bond donors (Lipinski definition) is 4. The maximum Gasteiger partial charge on any atom is 0.220 e. The Bertz CT molecular complexity index is 352. The van der Waals surface area contributed by atoms with E-state index in [1.165, 1.54) is 18.3 Å². The molecule has 6 nitrogen and oxygen atoms in total. The van der Waals surface area contributed by atoms with E-state index in [1.54, 1.807) is 0 Å². The summed E-state index contributed by atoms with van der Waals surface area (Å²) in [6.07, 6.45) is -1.45. The summed E-state index contributed by atoms with van der Waals surface area (Å²) in [5, 5.41) is 27.8. The lowest BCUT2D eigenvalue weighted by Gasteiger charge is -2.16. The van der Waals surface area contributed by atoms with E-state index in [0.29, 0.717) is 11.3 Å². The monoisotopic (exact) mass is 226 g/mol. The van der Waals surface area contributed by atoms with Crippen molar-refractivity contribution >= 4 is 5.91 Å². The number of primary amides is 1. The topological polar surface area (TPSA) is 117 Å². The molecule has 0 spiro atoms. The molecule has 0 saturated carbocycles. The van der Waals surface area contributed by atoms with Crippen molar-refractivity contribution < 1.29 is 20.1 Å². The van der Waals surface area contributed by atoms with Crippen LogP contribution in [0.15, 0.2) is 18.3 Å². The van der Waals surface area contributed by atoms with Crippen LogP contribution in [0.4, 0.5) is 0 Å². The van der Waals surface area contributed by atoms with Crippen molar-refractivity contribution in [2.24, 2.45) is 5.73 Å². The van der Waals surface area contributed by atoms with Gasteiger partial charge in [-0.3, -0.25) is 9.78 Å². The van der Waals surface area contributed by atoms with E-state index < -0.39 is 18.1 Å². The van der Waals surface area contributed by atoms with Crippen molar-refractivity contribution in [3.63, 3.8) is 0 Å². The average molecular weight is 226 g/mol. The largest absolute Gasteiger partial charge is 0.390 e. The van der Waals surface area contributed by atoms with E-state index in [9.17, 15) is 15.0 Å². The van der Waals surface area contributed by atoms with Crippen molar-refractivity contribution in [3.05, 3.63) is 29.6 Å². The lowest BCUT2D eigenvalue weighted by Crippen LogP contribution is -2.25. The second-order valence-electron chi connectivity index (χ2n) is 3.42. The Morgan fingerprint density at radius 3 is 2.56 bits per heavy atom. The number of aromatic nitrogens is 1. The molecule has 0 aliphatic rings. The van der Waals surface area contributed by atoms with Crippen molar-refractivity contribution in [2.45, 2.75) is 25.2 Å². The summed E-state index contributed by atoms with van der Waals surface area (Å²) in [5.74, 6) is -0.688. The fourth-order valence-electron chi connectivity index (χ4n) is 1.24. The Morgan fingerprint density at radius 1 is 1.44 bits per heavy atom. The SMILES string of the molecule is NC(=O)CC(O)C(O)c1ccc(CO)nc1. The number of amides is 1. The minimum absolute atomic E-state index is 0.194. The summed E-state index contributed by atoms with van der Waals surface area (Å²) >= 11 is 0. The van der Waals surface area contributed by atoms with Crippen LogP contribution in [0.5, 0.6) is 0 Å². The molecule has 88 valence electrons. The predicted molar refractivity (Wildman–Crippen MR) is 54.9 cm³/mol. The van der Waals surface area contributed by atoms with E-state index in [4.69, 9.17) is 10.8 Å². The standard InChI is InChI=1S/C10H14N2O4/c11-9(15)3-8(14)10(16)6-1-2-7(5-13)12-4-6/h1-2,4,8,10,13-14,16H,3,5H2,(H2,11,15). The normalized spacial score (nSPS) is 14.4. The highest BCUT2D eigenvalue weighted by Gasteiger charge is 2.20. The summed E-state index contributed by atoms with van der Waals surface area (Å²) in [4.78, 5) is 14.4. The number of nitrogens with zero attached hydrogens (tertiary/aromatic N) is 1. The first-order valence-electron chi connectivity index (χ1n) is 4.74. The molecule has 1 amide bonds. The van der Waals surface area contributed by atoms with Crippen LogP contribution in [-0.4, -0.2) is 32.3 Å². The van der Waals surface area contributed by atoms with Gasteiger partial charge < -0.3 is 21.1 Å². The zero-order chi connectivity index (χ0) is 12.1. The molecule has 0 aromatic carbocycles. The molecule has 0 bridgehead atoms.